The molecule has 0 bridgehead atoms. The highest BCUT2D eigenvalue weighted by atomic mass is 35.5. The molecule has 0 spiro atoms. The quantitative estimate of drug-likeness (QED) is 0.593. The van der Waals surface area contributed by atoms with E-state index in [1.54, 1.807) is 25.3 Å². The third-order valence-corrected chi connectivity index (χ3v) is 5.31. The Morgan fingerprint density at radius 2 is 2.00 bits per heavy atom. The minimum Gasteiger partial charge on any atom is -0.493 e. The van der Waals surface area contributed by atoms with Crippen molar-refractivity contribution < 1.29 is 19.0 Å². The maximum Gasteiger partial charge on any atom is 0.244 e. The highest BCUT2D eigenvalue weighted by molar-refractivity contribution is 6.32. The van der Waals surface area contributed by atoms with E-state index in [0.29, 0.717) is 23.1 Å². The van der Waals surface area contributed by atoms with Gasteiger partial charge < -0.3 is 19.5 Å². The van der Waals surface area contributed by atoms with Gasteiger partial charge in [0, 0.05) is 25.7 Å². The van der Waals surface area contributed by atoms with E-state index in [0.717, 1.165) is 44.0 Å². The van der Waals surface area contributed by atoms with E-state index in [4.69, 9.17) is 25.8 Å². The molecule has 0 radical (unpaired) electrons. The van der Waals surface area contributed by atoms with Crippen LogP contribution in [-0.2, 0) is 9.53 Å². The molecule has 7 heteroatoms. The summed E-state index contributed by atoms with van der Waals surface area (Å²) in [5.74, 6) is 0.859. The highest BCUT2D eigenvalue weighted by Gasteiger charge is 2.19. The van der Waals surface area contributed by atoms with Crippen LogP contribution in [0.15, 0.2) is 48.5 Å². The molecule has 31 heavy (non-hydrogen) atoms. The van der Waals surface area contributed by atoms with Crippen LogP contribution in [0.1, 0.15) is 24.1 Å². The maximum absolute atomic E-state index is 12.7. The van der Waals surface area contributed by atoms with Crippen molar-refractivity contribution in [2.24, 2.45) is 0 Å². The lowest BCUT2D eigenvalue weighted by atomic mass is 10.1. The average molecular weight is 445 g/mol. The summed E-state index contributed by atoms with van der Waals surface area (Å²) >= 11 is 6.33. The number of benzene rings is 2. The molecule has 1 unspecified atom stereocenters. The Labute approximate surface area is 188 Å². The fourth-order valence-corrected chi connectivity index (χ4v) is 3.75. The molecule has 166 valence electrons. The molecule has 1 N–H and O–H groups in total. The van der Waals surface area contributed by atoms with Crippen LogP contribution in [0, 0.1) is 0 Å². The van der Waals surface area contributed by atoms with Crippen LogP contribution in [0.3, 0.4) is 0 Å². The molecule has 1 saturated heterocycles. The van der Waals surface area contributed by atoms with E-state index in [-0.39, 0.29) is 11.9 Å². The normalized spacial score (nSPS) is 15.6. The number of carbonyl (C=O) groups excluding carboxylic acids is 1. The van der Waals surface area contributed by atoms with Crippen molar-refractivity contribution in [1.82, 2.24) is 10.2 Å². The average Bonchev–Trinajstić information content (AvgIpc) is 2.80. The molecule has 2 aromatic carbocycles. The first-order chi connectivity index (χ1) is 15.1. The van der Waals surface area contributed by atoms with E-state index >= 15 is 0 Å². The lowest BCUT2D eigenvalue weighted by Crippen LogP contribution is -2.42. The van der Waals surface area contributed by atoms with Gasteiger partial charge in [-0.15, -0.1) is 0 Å². The van der Waals surface area contributed by atoms with Gasteiger partial charge in [0.1, 0.15) is 0 Å². The van der Waals surface area contributed by atoms with Crippen LogP contribution in [-0.4, -0.2) is 57.4 Å². The zero-order valence-corrected chi connectivity index (χ0v) is 18.7. The molecule has 6 nitrogen and oxygen atoms in total. The number of nitrogens with one attached hydrogen (secondary N) is 1. The van der Waals surface area contributed by atoms with E-state index < -0.39 is 0 Å². The maximum atomic E-state index is 12.7. The molecule has 0 aliphatic carbocycles. The first kappa shape index (κ1) is 23.1. The summed E-state index contributed by atoms with van der Waals surface area (Å²) in [6.45, 7) is 6.26. The minimum absolute atomic E-state index is 0.116. The summed E-state index contributed by atoms with van der Waals surface area (Å²) in [6, 6.07) is 13.4. The number of amides is 1. The molecule has 1 fully saturated rings. The second-order valence-electron chi connectivity index (χ2n) is 7.19. The number of rotatable bonds is 9. The van der Waals surface area contributed by atoms with E-state index in [9.17, 15) is 4.79 Å². The van der Waals surface area contributed by atoms with Gasteiger partial charge in [-0.05, 0) is 36.3 Å². The number of morpholine rings is 1. The van der Waals surface area contributed by atoms with Crippen molar-refractivity contribution in [3.63, 3.8) is 0 Å². The number of nitrogens with zero attached hydrogens (tertiary/aromatic N) is 1. The van der Waals surface area contributed by atoms with E-state index in [2.05, 4.69) is 10.2 Å². The van der Waals surface area contributed by atoms with E-state index in [1.807, 2.05) is 37.3 Å². The van der Waals surface area contributed by atoms with Crippen molar-refractivity contribution in [3.05, 3.63) is 64.7 Å². The molecule has 1 aliphatic rings. The summed E-state index contributed by atoms with van der Waals surface area (Å²) < 4.78 is 16.4. The lowest BCUT2D eigenvalue weighted by molar-refractivity contribution is -0.117. The first-order valence-electron chi connectivity index (χ1n) is 10.4. The lowest BCUT2D eigenvalue weighted by Gasteiger charge is -2.31. The molecule has 0 saturated carbocycles. The molecule has 3 rings (SSSR count). The summed E-state index contributed by atoms with van der Waals surface area (Å²) in [7, 11) is 1.56. The van der Waals surface area contributed by atoms with Crippen molar-refractivity contribution in [2.45, 2.75) is 13.0 Å². The largest absolute Gasteiger partial charge is 0.493 e. The Kier molecular flexibility index (Phi) is 8.76. The Morgan fingerprint density at radius 1 is 1.26 bits per heavy atom. The predicted octanol–water partition coefficient (Wildman–Crippen LogP) is 3.95. The molecule has 1 amide bonds. The van der Waals surface area contributed by atoms with Gasteiger partial charge in [-0.3, -0.25) is 9.69 Å². The summed E-state index contributed by atoms with van der Waals surface area (Å²) in [6.07, 6.45) is 3.23. The number of carbonyl (C=O) groups is 1. The molecule has 0 aromatic heterocycles. The van der Waals surface area contributed by atoms with Crippen molar-refractivity contribution >= 4 is 23.6 Å². The molecular formula is C24H29ClN2O4. The van der Waals surface area contributed by atoms with Gasteiger partial charge in [0.25, 0.3) is 0 Å². The van der Waals surface area contributed by atoms with E-state index in [1.165, 1.54) is 6.08 Å². The molecule has 2 aromatic rings. The van der Waals surface area contributed by atoms with Crippen LogP contribution in [0.2, 0.25) is 5.02 Å². The first-order valence-corrected chi connectivity index (χ1v) is 10.8. The van der Waals surface area contributed by atoms with Crippen molar-refractivity contribution in [1.29, 1.82) is 0 Å². The topological polar surface area (TPSA) is 60.0 Å². The third-order valence-electron chi connectivity index (χ3n) is 5.03. The molecule has 1 heterocycles. The Balaban J connectivity index is 1.71. The van der Waals surface area contributed by atoms with Gasteiger partial charge in [0.05, 0.1) is 38.0 Å². The van der Waals surface area contributed by atoms with Gasteiger partial charge in [-0.1, -0.05) is 41.9 Å². The van der Waals surface area contributed by atoms with Crippen LogP contribution in [0.4, 0.5) is 0 Å². The van der Waals surface area contributed by atoms with Gasteiger partial charge in [-0.2, -0.15) is 0 Å². The highest BCUT2D eigenvalue weighted by Crippen LogP contribution is 2.36. The number of halogens is 1. The molecular weight excluding hydrogens is 416 g/mol. The van der Waals surface area contributed by atoms with Crippen LogP contribution >= 0.6 is 11.6 Å². The van der Waals surface area contributed by atoms with Crippen LogP contribution in [0.25, 0.3) is 6.08 Å². The third kappa shape index (κ3) is 6.72. The van der Waals surface area contributed by atoms with Gasteiger partial charge in [0.15, 0.2) is 11.5 Å². The molecule has 1 aliphatic heterocycles. The number of hydrogen-bond acceptors (Lipinski definition) is 5. The second-order valence-corrected chi connectivity index (χ2v) is 7.59. The summed E-state index contributed by atoms with van der Waals surface area (Å²) in [5, 5.41) is 3.57. The standard InChI is InChI=1S/C24H29ClN2O4/c1-3-31-24-20(25)15-18(16-22(24)29-2)9-10-23(28)26-21(19-7-5-4-6-8-19)17-27-11-13-30-14-12-27/h4-10,15-16,21H,3,11-14,17H2,1-2H3,(H,26,28). The van der Waals surface area contributed by atoms with Crippen LogP contribution < -0.4 is 14.8 Å². The zero-order valence-electron chi connectivity index (χ0n) is 18.0. The Morgan fingerprint density at radius 3 is 2.68 bits per heavy atom. The SMILES string of the molecule is CCOc1c(Cl)cc(C=CC(=O)NC(CN2CCOCC2)c2ccccc2)cc1OC. The Bertz CT molecular complexity index is 883. The minimum atomic E-state index is -0.175. The predicted molar refractivity (Wildman–Crippen MR) is 123 cm³/mol. The second kappa shape index (κ2) is 11.7. The van der Waals surface area contributed by atoms with Gasteiger partial charge >= 0.3 is 0 Å². The van der Waals surface area contributed by atoms with Crippen molar-refractivity contribution in [3.8, 4) is 11.5 Å². The van der Waals surface area contributed by atoms with Crippen LogP contribution in [0.5, 0.6) is 11.5 Å². The Hall–Kier alpha value is -2.54. The van der Waals surface area contributed by atoms with Crippen molar-refractivity contribution in [2.75, 3.05) is 46.6 Å². The fraction of sp³-hybridized carbons (Fsp3) is 0.375. The fourth-order valence-electron chi connectivity index (χ4n) is 3.47. The number of ether oxygens (including phenoxy) is 3. The zero-order chi connectivity index (χ0) is 22.1. The monoisotopic (exact) mass is 444 g/mol. The smallest absolute Gasteiger partial charge is 0.244 e. The van der Waals surface area contributed by atoms with Gasteiger partial charge in [-0.25, -0.2) is 0 Å². The summed E-state index contributed by atoms with van der Waals surface area (Å²) in [5.41, 5.74) is 1.83. The van der Waals surface area contributed by atoms with Gasteiger partial charge in [0.2, 0.25) is 5.91 Å². The molecule has 1 atom stereocenters. The number of methoxy groups -OCH3 is 1. The number of hydrogen-bond donors (Lipinski definition) is 1. The summed E-state index contributed by atoms with van der Waals surface area (Å²) in [4.78, 5) is 15.0.